The van der Waals surface area contributed by atoms with Gasteiger partial charge in [-0.3, -0.25) is 14.5 Å². The lowest BCUT2D eigenvalue weighted by atomic mass is 10.0. The van der Waals surface area contributed by atoms with Gasteiger partial charge in [-0.1, -0.05) is 25.1 Å². The van der Waals surface area contributed by atoms with Crippen LogP contribution in [0.15, 0.2) is 30.0 Å². The predicted molar refractivity (Wildman–Crippen MR) is 96.0 cm³/mol. The van der Waals surface area contributed by atoms with Gasteiger partial charge >= 0.3 is 0 Å². The van der Waals surface area contributed by atoms with Crippen molar-refractivity contribution < 1.29 is 14.3 Å². The molecule has 1 fully saturated rings. The van der Waals surface area contributed by atoms with Crippen molar-refractivity contribution in [1.82, 2.24) is 14.7 Å². The van der Waals surface area contributed by atoms with E-state index in [1.165, 1.54) is 4.90 Å². The molecule has 0 N–H and O–H groups in total. The number of hydrogen-bond acceptors (Lipinski definition) is 5. The molecule has 0 saturated carbocycles. The third kappa shape index (κ3) is 3.14. The first-order valence-electron chi connectivity index (χ1n) is 8.75. The van der Waals surface area contributed by atoms with E-state index in [0.717, 1.165) is 32.6 Å². The van der Waals surface area contributed by atoms with Gasteiger partial charge in [0.15, 0.2) is 0 Å². The van der Waals surface area contributed by atoms with E-state index in [9.17, 15) is 9.59 Å². The number of carbonyl (C=O) groups excluding carboxylic acids is 2. The fourth-order valence-electron chi connectivity index (χ4n) is 3.41. The fourth-order valence-corrected chi connectivity index (χ4v) is 3.41. The van der Waals surface area contributed by atoms with Crippen molar-refractivity contribution in [2.45, 2.75) is 13.3 Å². The lowest BCUT2D eigenvalue weighted by molar-refractivity contribution is -0.137. The molecule has 0 aromatic heterocycles. The summed E-state index contributed by atoms with van der Waals surface area (Å²) in [4.78, 5) is 31.7. The third-order valence-corrected chi connectivity index (χ3v) is 4.79. The maximum absolute atomic E-state index is 13.0. The number of rotatable bonds is 5. The smallest absolute Gasteiger partial charge is 0.277 e. The standard InChI is InChI=1S/C19H25N3O3/c1-4-9-22-18(23)16(14-7-5-6-8-15(14)25-3)17(19(22)24)21-12-10-20(2)11-13-21/h5-8H,4,9-13H2,1-3H3. The molecule has 2 aliphatic rings. The highest BCUT2D eigenvalue weighted by Crippen LogP contribution is 2.36. The number of benzene rings is 1. The van der Waals surface area contributed by atoms with Gasteiger partial charge in [0.05, 0.1) is 12.7 Å². The van der Waals surface area contributed by atoms with Crippen molar-refractivity contribution in [3.05, 3.63) is 35.5 Å². The molecule has 6 nitrogen and oxygen atoms in total. The topological polar surface area (TPSA) is 53.1 Å². The van der Waals surface area contributed by atoms with Crippen LogP contribution >= 0.6 is 0 Å². The van der Waals surface area contributed by atoms with Crippen LogP contribution in [-0.4, -0.2) is 73.4 Å². The molecule has 1 aromatic rings. The average Bonchev–Trinajstić information content (AvgIpc) is 2.87. The number of piperazine rings is 1. The molecule has 2 aliphatic heterocycles. The molecule has 25 heavy (non-hydrogen) atoms. The summed E-state index contributed by atoms with van der Waals surface area (Å²) in [6.45, 7) is 5.63. The maximum Gasteiger partial charge on any atom is 0.277 e. The van der Waals surface area contributed by atoms with Gasteiger partial charge in [-0.05, 0) is 19.5 Å². The number of nitrogens with zero attached hydrogens (tertiary/aromatic N) is 3. The molecule has 0 radical (unpaired) electrons. The lowest BCUT2D eigenvalue weighted by Crippen LogP contribution is -2.46. The van der Waals surface area contributed by atoms with Crippen LogP contribution in [0.2, 0.25) is 0 Å². The Labute approximate surface area is 148 Å². The van der Waals surface area contributed by atoms with Crippen LogP contribution in [0.25, 0.3) is 5.57 Å². The van der Waals surface area contributed by atoms with Gasteiger partial charge in [-0.2, -0.15) is 0 Å². The molecular formula is C19H25N3O3. The van der Waals surface area contributed by atoms with Gasteiger partial charge in [0.1, 0.15) is 11.4 Å². The van der Waals surface area contributed by atoms with Crippen LogP contribution in [0, 0.1) is 0 Å². The number of amides is 2. The minimum absolute atomic E-state index is 0.183. The van der Waals surface area contributed by atoms with Crippen molar-refractivity contribution in [3.8, 4) is 5.75 Å². The minimum atomic E-state index is -0.217. The first kappa shape index (κ1) is 17.5. The molecular weight excluding hydrogens is 318 g/mol. The van der Waals surface area contributed by atoms with Crippen molar-refractivity contribution >= 4 is 17.4 Å². The Morgan fingerprint density at radius 2 is 1.72 bits per heavy atom. The number of methoxy groups -OCH3 is 1. The Morgan fingerprint density at radius 1 is 1.04 bits per heavy atom. The average molecular weight is 343 g/mol. The SMILES string of the molecule is CCCN1C(=O)C(c2ccccc2OC)=C(N2CCN(C)CC2)C1=O. The Hall–Kier alpha value is -2.34. The largest absolute Gasteiger partial charge is 0.496 e. The molecule has 1 aromatic carbocycles. The summed E-state index contributed by atoms with van der Waals surface area (Å²) in [5.41, 5.74) is 1.69. The number of carbonyl (C=O) groups is 2. The third-order valence-electron chi connectivity index (χ3n) is 4.79. The quantitative estimate of drug-likeness (QED) is 0.757. The number of para-hydroxylation sites is 1. The van der Waals surface area contributed by atoms with Crippen LogP contribution in [0.3, 0.4) is 0 Å². The van der Waals surface area contributed by atoms with E-state index < -0.39 is 0 Å². The summed E-state index contributed by atoms with van der Waals surface area (Å²) in [6.07, 6.45) is 0.743. The number of hydrogen-bond donors (Lipinski definition) is 0. The zero-order valence-corrected chi connectivity index (χ0v) is 15.1. The lowest BCUT2D eigenvalue weighted by Gasteiger charge is -2.34. The van der Waals surface area contributed by atoms with Crippen molar-refractivity contribution in [2.75, 3.05) is 46.9 Å². The van der Waals surface area contributed by atoms with E-state index in [-0.39, 0.29) is 11.8 Å². The van der Waals surface area contributed by atoms with Crippen LogP contribution in [0.4, 0.5) is 0 Å². The summed E-state index contributed by atoms with van der Waals surface area (Å²) in [6, 6.07) is 7.41. The number of likely N-dealkylation sites (N-methyl/N-ethyl adjacent to an activating group) is 1. The van der Waals surface area contributed by atoms with Gasteiger partial charge in [-0.15, -0.1) is 0 Å². The van der Waals surface area contributed by atoms with Crippen LogP contribution in [0.1, 0.15) is 18.9 Å². The number of imide groups is 1. The Morgan fingerprint density at radius 3 is 2.36 bits per heavy atom. The van der Waals surface area contributed by atoms with Gasteiger partial charge < -0.3 is 14.5 Å². The second-order valence-electron chi connectivity index (χ2n) is 6.48. The van der Waals surface area contributed by atoms with Gasteiger partial charge in [-0.25, -0.2) is 0 Å². The predicted octanol–water partition coefficient (Wildman–Crippen LogP) is 1.43. The summed E-state index contributed by atoms with van der Waals surface area (Å²) < 4.78 is 5.45. The van der Waals surface area contributed by atoms with E-state index >= 15 is 0 Å². The highest BCUT2D eigenvalue weighted by molar-refractivity contribution is 6.36. The first-order valence-corrected chi connectivity index (χ1v) is 8.75. The first-order chi connectivity index (χ1) is 12.1. The molecule has 1 saturated heterocycles. The normalized spacial score (nSPS) is 19.2. The van der Waals surface area contributed by atoms with Crippen LogP contribution in [0.5, 0.6) is 5.75 Å². The highest BCUT2D eigenvalue weighted by atomic mass is 16.5. The van der Waals surface area contributed by atoms with Crippen molar-refractivity contribution in [3.63, 3.8) is 0 Å². The van der Waals surface area contributed by atoms with Crippen LogP contribution < -0.4 is 4.74 Å². The summed E-state index contributed by atoms with van der Waals surface area (Å²) in [7, 11) is 3.65. The number of ether oxygens (including phenoxy) is 1. The molecule has 2 heterocycles. The van der Waals surface area contributed by atoms with E-state index in [0.29, 0.717) is 29.1 Å². The van der Waals surface area contributed by atoms with Gasteiger partial charge in [0, 0.05) is 38.3 Å². The minimum Gasteiger partial charge on any atom is -0.496 e. The molecule has 0 aliphatic carbocycles. The molecule has 6 heteroatoms. The Bertz CT molecular complexity index is 706. The monoisotopic (exact) mass is 343 g/mol. The second kappa shape index (κ2) is 7.27. The molecule has 0 atom stereocenters. The molecule has 0 unspecified atom stereocenters. The van der Waals surface area contributed by atoms with E-state index in [2.05, 4.69) is 16.8 Å². The molecule has 0 spiro atoms. The van der Waals surface area contributed by atoms with E-state index in [4.69, 9.17) is 4.74 Å². The van der Waals surface area contributed by atoms with Gasteiger partial charge in [0.2, 0.25) is 0 Å². The molecule has 134 valence electrons. The molecule has 3 rings (SSSR count). The zero-order chi connectivity index (χ0) is 18.0. The summed E-state index contributed by atoms with van der Waals surface area (Å²) in [5, 5.41) is 0. The van der Waals surface area contributed by atoms with Crippen molar-refractivity contribution in [1.29, 1.82) is 0 Å². The molecule has 0 bridgehead atoms. The van der Waals surface area contributed by atoms with Crippen LogP contribution in [-0.2, 0) is 9.59 Å². The fraction of sp³-hybridized carbons (Fsp3) is 0.474. The van der Waals surface area contributed by atoms with E-state index in [1.807, 2.05) is 31.2 Å². The summed E-state index contributed by atoms with van der Waals surface area (Å²) in [5.74, 6) is 0.214. The zero-order valence-electron chi connectivity index (χ0n) is 15.1. The second-order valence-corrected chi connectivity index (χ2v) is 6.48. The highest BCUT2D eigenvalue weighted by Gasteiger charge is 2.42. The maximum atomic E-state index is 13.0. The summed E-state index contributed by atoms with van der Waals surface area (Å²) >= 11 is 0. The van der Waals surface area contributed by atoms with E-state index in [1.54, 1.807) is 7.11 Å². The van der Waals surface area contributed by atoms with Gasteiger partial charge in [0.25, 0.3) is 11.8 Å². The Balaban J connectivity index is 2.09. The Kier molecular flexibility index (Phi) is 5.08. The van der Waals surface area contributed by atoms with Crippen molar-refractivity contribution in [2.24, 2.45) is 0 Å². The molecule has 2 amide bonds.